The second kappa shape index (κ2) is 8.93. The van der Waals surface area contributed by atoms with Crippen molar-refractivity contribution in [3.8, 4) is 0 Å². The quantitative estimate of drug-likeness (QED) is 0.518. The molecule has 6 heteroatoms. The summed E-state index contributed by atoms with van der Waals surface area (Å²) in [7, 11) is 1.75. The lowest BCUT2D eigenvalue weighted by Gasteiger charge is -2.31. The summed E-state index contributed by atoms with van der Waals surface area (Å²) in [5.74, 6) is 0.821. The Balaban J connectivity index is 1.51. The van der Waals surface area contributed by atoms with E-state index in [0.717, 1.165) is 50.0 Å². The van der Waals surface area contributed by atoms with E-state index in [-0.39, 0.29) is 29.1 Å². The van der Waals surface area contributed by atoms with Gasteiger partial charge in [-0.3, -0.25) is 9.79 Å². The molecule has 154 valence electrons. The van der Waals surface area contributed by atoms with Gasteiger partial charge in [-0.15, -0.1) is 0 Å². The summed E-state index contributed by atoms with van der Waals surface area (Å²) in [6, 6.07) is 7.40. The summed E-state index contributed by atoms with van der Waals surface area (Å²) in [5.41, 5.74) is 0.712. The number of hydrogen-bond donors (Lipinski definition) is 3. The number of halogens is 1. The van der Waals surface area contributed by atoms with Crippen LogP contribution < -0.4 is 16.0 Å². The molecule has 2 atom stereocenters. The first-order chi connectivity index (χ1) is 13.4. The van der Waals surface area contributed by atoms with E-state index in [1.54, 1.807) is 19.2 Å². The van der Waals surface area contributed by atoms with Gasteiger partial charge in [0.2, 0.25) is 5.91 Å². The Kier molecular flexibility index (Phi) is 6.57. The largest absolute Gasteiger partial charge is 0.356 e. The summed E-state index contributed by atoms with van der Waals surface area (Å²) in [4.78, 5) is 16.7. The van der Waals surface area contributed by atoms with Crippen LogP contribution in [0.2, 0.25) is 0 Å². The molecule has 2 saturated carbocycles. The van der Waals surface area contributed by atoms with E-state index in [1.165, 1.54) is 6.07 Å². The van der Waals surface area contributed by atoms with Crippen LogP contribution in [0, 0.1) is 11.7 Å². The Morgan fingerprint density at radius 3 is 2.64 bits per heavy atom. The summed E-state index contributed by atoms with van der Waals surface area (Å²) in [5, 5.41) is 9.99. The van der Waals surface area contributed by atoms with Gasteiger partial charge in [-0.25, -0.2) is 4.39 Å². The second-order valence-electron chi connectivity index (χ2n) is 8.81. The van der Waals surface area contributed by atoms with Crippen LogP contribution in [0.25, 0.3) is 0 Å². The zero-order chi connectivity index (χ0) is 20.1. The van der Waals surface area contributed by atoms with Gasteiger partial charge in [-0.05, 0) is 49.8 Å². The number of rotatable bonds is 6. The van der Waals surface area contributed by atoms with Gasteiger partial charge in [0, 0.05) is 37.0 Å². The van der Waals surface area contributed by atoms with Crippen molar-refractivity contribution < 1.29 is 9.18 Å². The molecule has 1 amide bonds. The number of aliphatic imine (C=N–C) groups is 1. The Labute approximate surface area is 167 Å². The number of amides is 1. The molecule has 3 N–H and O–H groups in total. The molecule has 2 aliphatic carbocycles. The smallest absolute Gasteiger partial charge is 0.223 e. The Morgan fingerprint density at radius 2 is 1.96 bits per heavy atom. The van der Waals surface area contributed by atoms with Crippen LogP contribution in [0.3, 0.4) is 0 Å². The molecule has 2 unspecified atom stereocenters. The number of carbonyl (C=O) groups is 1. The van der Waals surface area contributed by atoms with Crippen molar-refractivity contribution in [3.05, 3.63) is 35.6 Å². The minimum absolute atomic E-state index is 0.0914. The highest BCUT2D eigenvalue weighted by atomic mass is 19.1. The van der Waals surface area contributed by atoms with Gasteiger partial charge >= 0.3 is 0 Å². The van der Waals surface area contributed by atoms with Crippen molar-refractivity contribution in [2.45, 2.75) is 69.9 Å². The van der Waals surface area contributed by atoms with Crippen molar-refractivity contribution in [2.24, 2.45) is 10.9 Å². The van der Waals surface area contributed by atoms with Crippen molar-refractivity contribution in [2.75, 3.05) is 13.6 Å². The van der Waals surface area contributed by atoms with Crippen LogP contribution in [0.1, 0.15) is 57.9 Å². The summed E-state index contributed by atoms with van der Waals surface area (Å²) >= 11 is 0. The second-order valence-corrected chi connectivity index (χ2v) is 8.81. The first kappa shape index (κ1) is 20.6. The Bertz CT molecular complexity index is 714. The molecule has 0 radical (unpaired) electrons. The third-order valence-corrected chi connectivity index (χ3v) is 5.84. The van der Waals surface area contributed by atoms with Crippen LogP contribution >= 0.6 is 0 Å². The molecule has 28 heavy (non-hydrogen) atoms. The SMILES string of the molecule is CN=C(NCC(C)(C)c1cccc(F)c1)NC1CCCC(C(=O)NC2CC2)C1. The lowest BCUT2D eigenvalue weighted by molar-refractivity contribution is -0.126. The molecule has 5 nitrogen and oxygen atoms in total. The maximum absolute atomic E-state index is 13.6. The van der Waals surface area contributed by atoms with E-state index in [4.69, 9.17) is 0 Å². The minimum atomic E-state index is -0.237. The maximum Gasteiger partial charge on any atom is 0.223 e. The normalized spacial score (nSPS) is 23.2. The number of guanidine groups is 1. The van der Waals surface area contributed by atoms with Crippen LogP contribution in [0.4, 0.5) is 4.39 Å². The van der Waals surface area contributed by atoms with Crippen LogP contribution in [0.15, 0.2) is 29.3 Å². The van der Waals surface area contributed by atoms with Crippen LogP contribution in [-0.4, -0.2) is 37.5 Å². The average molecular weight is 389 g/mol. The third-order valence-electron chi connectivity index (χ3n) is 5.84. The molecule has 0 aromatic heterocycles. The molecule has 3 rings (SSSR count). The zero-order valence-corrected chi connectivity index (χ0v) is 17.2. The van der Waals surface area contributed by atoms with Crippen LogP contribution in [0.5, 0.6) is 0 Å². The number of nitrogens with zero attached hydrogens (tertiary/aromatic N) is 1. The molecule has 2 fully saturated rings. The van der Waals surface area contributed by atoms with E-state index >= 15 is 0 Å². The first-order valence-electron chi connectivity index (χ1n) is 10.4. The molecule has 0 aliphatic heterocycles. The number of carbonyl (C=O) groups excluding carboxylic acids is 1. The van der Waals surface area contributed by atoms with Gasteiger partial charge in [0.25, 0.3) is 0 Å². The average Bonchev–Trinajstić information content (AvgIpc) is 3.49. The van der Waals surface area contributed by atoms with Gasteiger partial charge in [0.05, 0.1) is 0 Å². The van der Waals surface area contributed by atoms with Crippen molar-refractivity contribution in [1.82, 2.24) is 16.0 Å². The van der Waals surface area contributed by atoms with Crippen LogP contribution in [-0.2, 0) is 10.2 Å². The number of benzene rings is 1. The van der Waals surface area contributed by atoms with Gasteiger partial charge in [0.15, 0.2) is 5.96 Å². The highest BCUT2D eigenvalue weighted by Crippen LogP contribution is 2.27. The first-order valence-corrected chi connectivity index (χ1v) is 10.4. The minimum Gasteiger partial charge on any atom is -0.356 e. The molecule has 0 saturated heterocycles. The van der Waals surface area contributed by atoms with Gasteiger partial charge < -0.3 is 16.0 Å². The summed E-state index contributed by atoms with van der Waals surface area (Å²) < 4.78 is 13.6. The number of nitrogens with one attached hydrogen (secondary N) is 3. The lowest BCUT2D eigenvalue weighted by Crippen LogP contribution is -2.49. The molecule has 1 aromatic carbocycles. The fraction of sp³-hybridized carbons (Fsp3) is 0.636. The third kappa shape index (κ3) is 5.69. The highest BCUT2D eigenvalue weighted by Gasteiger charge is 2.31. The molecule has 0 heterocycles. The zero-order valence-electron chi connectivity index (χ0n) is 17.2. The van der Waals surface area contributed by atoms with Gasteiger partial charge in [0.1, 0.15) is 5.82 Å². The van der Waals surface area contributed by atoms with E-state index in [2.05, 4.69) is 34.8 Å². The fourth-order valence-electron chi connectivity index (χ4n) is 3.81. The number of hydrogen-bond acceptors (Lipinski definition) is 2. The Hall–Kier alpha value is -2.11. The summed E-state index contributed by atoms with van der Waals surface area (Å²) in [6.07, 6.45) is 6.14. The van der Waals surface area contributed by atoms with Crippen molar-refractivity contribution >= 4 is 11.9 Å². The molecular weight excluding hydrogens is 355 g/mol. The summed E-state index contributed by atoms with van der Waals surface area (Å²) in [6.45, 7) is 4.80. The van der Waals surface area contributed by atoms with E-state index in [0.29, 0.717) is 12.6 Å². The van der Waals surface area contributed by atoms with E-state index < -0.39 is 0 Å². The standard InChI is InChI=1S/C22H33FN4O/c1-22(2,16-7-5-8-17(23)13-16)14-25-21(24-3)27-19-9-4-6-15(12-19)20(28)26-18-10-11-18/h5,7-8,13,15,18-19H,4,6,9-12,14H2,1-3H3,(H,26,28)(H2,24,25,27). The topological polar surface area (TPSA) is 65.5 Å². The molecular formula is C22H33FN4O. The predicted octanol–water partition coefficient (Wildman–Crippen LogP) is 3.11. The van der Waals surface area contributed by atoms with Crippen molar-refractivity contribution in [1.29, 1.82) is 0 Å². The molecule has 1 aromatic rings. The van der Waals surface area contributed by atoms with E-state index in [9.17, 15) is 9.18 Å². The van der Waals surface area contributed by atoms with E-state index in [1.807, 2.05) is 6.07 Å². The van der Waals surface area contributed by atoms with Gasteiger partial charge in [-0.2, -0.15) is 0 Å². The lowest BCUT2D eigenvalue weighted by atomic mass is 9.84. The Morgan fingerprint density at radius 1 is 1.18 bits per heavy atom. The maximum atomic E-state index is 13.6. The fourth-order valence-corrected chi connectivity index (χ4v) is 3.81. The molecule has 0 bridgehead atoms. The predicted molar refractivity (Wildman–Crippen MR) is 111 cm³/mol. The monoisotopic (exact) mass is 388 g/mol. The molecule has 2 aliphatic rings. The highest BCUT2D eigenvalue weighted by molar-refractivity contribution is 5.81. The van der Waals surface area contributed by atoms with Gasteiger partial charge in [-0.1, -0.05) is 32.4 Å². The van der Waals surface area contributed by atoms with Crippen molar-refractivity contribution in [3.63, 3.8) is 0 Å². The molecule has 0 spiro atoms.